The number of carbonyl (C=O) groups is 3. The van der Waals surface area contributed by atoms with Gasteiger partial charge < -0.3 is 29.4 Å². The summed E-state index contributed by atoms with van der Waals surface area (Å²) in [5.41, 5.74) is 0.636. The molecule has 1 fully saturated rings. The molecule has 0 amide bonds. The van der Waals surface area contributed by atoms with Gasteiger partial charge in [0.05, 0.1) is 0 Å². The van der Waals surface area contributed by atoms with Gasteiger partial charge in [0.15, 0.2) is 18.5 Å². The molecule has 24 heavy (non-hydrogen) atoms. The van der Waals surface area contributed by atoms with Gasteiger partial charge in [0, 0.05) is 5.69 Å². The number of para-hydroxylation sites is 1. The lowest BCUT2D eigenvalue weighted by molar-refractivity contribution is -0.252. The van der Waals surface area contributed by atoms with Crippen molar-refractivity contribution in [2.24, 2.45) is 0 Å². The Morgan fingerprint density at radius 2 is 1.71 bits per heavy atom. The number of carbonyl (C=O) groups excluding carboxylic acids is 3. The third-order valence-corrected chi connectivity index (χ3v) is 3.53. The van der Waals surface area contributed by atoms with Gasteiger partial charge >= 0.3 is 0 Å². The molecular weight excluding hydrogens is 322 g/mol. The zero-order chi connectivity index (χ0) is 17.4. The first-order valence-electron chi connectivity index (χ1n) is 7.09. The van der Waals surface area contributed by atoms with Crippen molar-refractivity contribution < 1.29 is 38.4 Å². The van der Waals surface area contributed by atoms with Crippen molar-refractivity contribution in [3.05, 3.63) is 30.3 Å². The summed E-state index contributed by atoms with van der Waals surface area (Å²) in [4.78, 5) is 32.0. The van der Waals surface area contributed by atoms with E-state index in [-0.39, 0.29) is 26.0 Å². The van der Waals surface area contributed by atoms with E-state index in [4.69, 9.17) is 14.2 Å². The fourth-order valence-corrected chi connectivity index (χ4v) is 2.52. The molecule has 9 nitrogen and oxygen atoms in total. The molecule has 0 aliphatic carbocycles. The summed E-state index contributed by atoms with van der Waals surface area (Å²) in [6.45, 7) is 0.259. The molecule has 5 atom stereocenters. The van der Waals surface area contributed by atoms with Crippen molar-refractivity contribution >= 4 is 25.1 Å². The quantitative estimate of drug-likeness (QED) is 0.450. The SMILES string of the molecule is O=COCC1OC(O)C(Nc2ccccc2)C(OC=O)C1OC=O. The maximum absolute atomic E-state index is 10.8. The zero-order valence-electron chi connectivity index (χ0n) is 12.5. The highest BCUT2D eigenvalue weighted by atomic mass is 16.7. The minimum Gasteiger partial charge on any atom is -0.465 e. The Balaban J connectivity index is 2.23. The Hall–Kier alpha value is -2.65. The third-order valence-electron chi connectivity index (χ3n) is 3.53. The molecule has 9 heteroatoms. The molecule has 0 bridgehead atoms. The van der Waals surface area contributed by atoms with Crippen LogP contribution in [0, 0.1) is 0 Å². The van der Waals surface area contributed by atoms with Gasteiger partial charge in [0.25, 0.3) is 19.4 Å². The van der Waals surface area contributed by atoms with Crippen LogP contribution in [0.2, 0.25) is 0 Å². The molecule has 130 valence electrons. The lowest BCUT2D eigenvalue weighted by Gasteiger charge is -2.42. The van der Waals surface area contributed by atoms with Gasteiger partial charge in [0.2, 0.25) is 0 Å². The van der Waals surface area contributed by atoms with Gasteiger partial charge in [-0.1, -0.05) is 18.2 Å². The van der Waals surface area contributed by atoms with E-state index in [2.05, 4.69) is 10.1 Å². The van der Waals surface area contributed by atoms with Gasteiger partial charge in [-0.05, 0) is 12.1 Å². The molecule has 1 saturated heterocycles. The highest BCUT2D eigenvalue weighted by Gasteiger charge is 2.48. The second-order valence-electron chi connectivity index (χ2n) is 4.92. The number of nitrogens with one attached hydrogen (secondary N) is 1. The van der Waals surface area contributed by atoms with Crippen molar-refractivity contribution in [3.63, 3.8) is 0 Å². The van der Waals surface area contributed by atoms with E-state index in [1.807, 2.05) is 6.07 Å². The van der Waals surface area contributed by atoms with Crippen LogP contribution in [0.3, 0.4) is 0 Å². The topological polar surface area (TPSA) is 120 Å². The van der Waals surface area contributed by atoms with E-state index < -0.39 is 30.6 Å². The Kier molecular flexibility index (Phi) is 6.52. The van der Waals surface area contributed by atoms with E-state index in [1.54, 1.807) is 24.3 Å². The molecule has 0 radical (unpaired) electrons. The standard InChI is InChI=1S/C15H17NO8/c17-7-21-6-11-13(22-8-18)14(23-9-19)12(15(20)24-11)16-10-4-2-1-3-5-10/h1-5,7-9,11-16,20H,6H2. The number of benzene rings is 1. The van der Waals surface area contributed by atoms with Crippen molar-refractivity contribution in [2.45, 2.75) is 30.6 Å². The second kappa shape index (κ2) is 8.85. The normalized spacial score (nSPS) is 29.1. The van der Waals surface area contributed by atoms with Crippen LogP contribution in [0.5, 0.6) is 0 Å². The van der Waals surface area contributed by atoms with Crippen LogP contribution in [0.25, 0.3) is 0 Å². The van der Waals surface area contributed by atoms with Crippen molar-refractivity contribution in [1.29, 1.82) is 0 Å². The number of ether oxygens (including phenoxy) is 4. The maximum atomic E-state index is 10.8. The monoisotopic (exact) mass is 339 g/mol. The third kappa shape index (κ3) is 4.21. The highest BCUT2D eigenvalue weighted by molar-refractivity contribution is 5.46. The Bertz CT molecular complexity index is 540. The Labute approximate surface area is 137 Å². The molecule has 1 aliphatic rings. The van der Waals surface area contributed by atoms with Gasteiger partial charge in [-0.15, -0.1) is 0 Å². The first-order valence-corrected chi connectivity index (χ1v) is 7.09. The summed E-state index contributed by atoms with van der Waals surface area (Å²) in [6, 6.07) is 7.92. The van der Waals surface area contributed by atoms with Crippen LogP contribution in [0.4, 0.5) is 5.69 Å². The molecule has 2 N–H and O–H groups in total. The average Bonchev–Trinajstić information content (AvgIpc) is 2.60. The van der Waals surface area contributed by atoms with Crippen LogP contribution in [-0.4, -0.2) is 61.8 Å². The van der Waals surface area contributed by atoms with Crippen LogP contribution in [0.1, 0.15) is 0 Å². The Morgan fingerprint density at radius 1 is 1.04 bits per heavy atom. The summed E-state index contributed by atoms with van der Waals surface area (Å²) in [5, 5.41) is 13.2. The fourth-order valence-electron chi connectivity index (χ4n) is 2.52. The predicted molar refractivity (Wildman–Crippen MR) is 78.6 cm³/mol. The molecule has 1 aliphatic heterocycles. The predicted octanol–water partition coefficient (Wildman–Crippen LogP) is -0.560. The number of anilines is 1. The molecule has 1 heterocycles. The van der Waals surface area contributed by atoms with Crippen molar-refractivity contribution in [3.8, 4) is 0 Å². The van der Waals surface area contributed by atoms with E-state index in [9.17, 15) is 19.5 Å². The lowest BCUT2D eigenvalue weighted by Crippen LogP contribution is -2.62. The van der Waals surface area contributed by atoms with Crippen LogP contribution in [-0.2, 0) is 33.3 Å². The Morgan fingerprint density at radius 3 is 2.33 bits per heavy atom. The van der Waals surface area contributed by atoms with E-state index in [0.29, 0.717) is 5.69 Å². The first-order chi connectivity index (χ1) is 11.7. The van der Waals surface area contributed by atoms with Crippen LogP contribution in [0.15, 0.2) is 30.3 Å². The zero-order valence-corrected chi connectivity index (χ0v) is 12.5. The number of aliphatic hydroxyl groups excluding tert-OH is 1. The second-order valence-corrected chi connectivity index (χ2v) is 4.92. The van der Waals surface area contributed by atoms with Gasteiger partial charge in [-0.2, -0.15) is 0 Å². The van der Waals surface area contributed by atoms with E-state index >= 15 is 0 Å². The molecule has 0 aromatic heterocycles. The van der Waals surface area contributed by atoms with Crippen molar-refractivity contribution in [1.82, 2.24) is 0 Å². The molecule has 1 aromatic carbocycles. The number of rotatable bonds is 9. The summed E-state index contributed by atoms with van der Waals surface area (Å²) in [5.74, 6) is 0. The highest BCUT2D eigenvalue weighted by Crippen LogP contribution is 2.27. The van der Waals surface area contributed by atoms with E-state index in [1.165, 1.54) is 0 Å². The van der Waals surface area contributed by atoms with Crippen molar-refractivity contribution in [2.75, 3.05) is 11.9 Å². The molecule has 0 spiro atoms. The average molecular weight is 339 g/mol. The number of aliphatic hydroxyl groups is 1. The van der Waals surface area contributed by atoms with Gasteiger partial charge in [0.1, 0.15) is 18.8 Å². The largest absolute Gasteiger partial charge is 0.465 e. The van der Waals surface area contributed by atoms with Crippen LogP contribution >= 0.6 is 0 Å². The van der Waals surface area contributed by atoms with Crippen LogP contribution < -0.4 is 5.32 Å². The smallest absolute Gasteiger partial charge is 0.293 e. The minimum atomic E-state index is -1.40. The summed E-state index contributed by atoms with van der Waals surface area (Å²) < 4.78 is 19.9. The molecule has 0 saturated carbocycles. The molecule has 1 aromatic rings. The molecule has 2 rings (SSSR count). The van der Waals surface area contributed by atoms with E-state index in [0.717, 1.165) is 0 Å². The summed E-state index contributed by atoms with van der Waals surface area (Å²) in [7, 11) is 0. The summed E-state index contributed by atoms with van der Waals surface area (Å²) in [6.07, 6.45) is -4.52. The first kappa shape index (κ1) is 17.7. The molecular formula is C15H17NO8. The maximum Gasteiger partial charge on any atom is 0.293 e. The van der Waals surface area contributed by atoms with Gasteiger partial charge in [-0.25, -0.2) is 0 Å². The fraction of sp³-hybridized carbons (Fsp3) is 0.400. The number of hydrogen-bond donors (Lipinski definition) is 2. The molecule has 5 unspecified atom stereocenters. The van der Waals surface area contributed by atoms with Gasteiger partial charge in [-0.3, -0.25) is 14.4 Å². The summed E-state index contributed by atoms with van der Waals surface area (Å²) >= 11 is 0. The lowest BCUT2D eigenvalue weighted by atomic mass is 9.96. The minimum absolute atomic E-state index is 0.167. The number of hydrogen-bond acceptors (Lipinski definition) is 9.